The standard InChI is InChI=1S/C14H19N3O2S/c1-10(18)16-11-4-2-5-12(8-11)17-14(20)15-9-13-6-3-7-19-13/h2,4-5,8,13H,3,6-7,9H2,1H3,(H,16,18)(H2,15,17,20). The van der Waals surface area contributed by atoms with Crippen LogP contribution >= 0.6 is 12.2 Å². The number of benzene rings is 1. The van der Waals surface area contributed by atoms with Crippen LogP contribution < -0.4 is 16.0 Å². The molecule has 1 aliphatic heterocycles. The average molecular weight is 293 g/mol. The second-order valence-corrected chi connectivity index (χ2v) is 5.14. The summed E-state index contributed by atoms with van der Waals surface area (Å²) in [5.41, 5.74) is 1.57. The van der Waals surface area contributed by atoms with Crippen molar-refractivity contribution in [2.75, 3.05) is 23.8 Å². The first-order chi connectivity index (χ1) is 9.63. The molecule has 1 aromatic carbocycles. The predicted octanol–water partition coefficient (Wildman–Crippen LogP) is 2.11. The molecule has 1 aliphatic rings. The molecular formula is C14H19N3O2S. The molecule has 1 fully saturated rings. The molecule has 5 nitrogen and oxygen atoms in total. The number of ether oxygens (including phenoxy) is 1. The van der Waals surface area contributed by atoms with Crippen molar-refractivity contribution >= 4 is 34.6 Å². The van der Waals surface area contributed by atoms with Crippen molar-refractivity contribution in [3.8, 4) is 0 Å². The maximum Gasteiger partial charge on any atom is 0.221 e. The molecule has 20 heavy (non-hydrogen) atoms. The Bertz CT molecular complexity index is 487. The van der Waals surface area contributed by atoms with Crippen molar-refractivity contribution in [1.82, 2.24) is 5.32 Å². The number of thiocarbonyl (C=S) groups is 1. The van der Waals surface area contributed by atoms with Crippen LogP contribution in [0.15, 0.2) is 24.3 Å². The van der Waals surface area contributed by atoms with Gasteiger partial charge in [0, 0.05) is 31.5 Å². The fraction of sp³-hybridized carbons (Fsp3) is 0.429. The van der Waals surface area contributed by atoms with E-state index < -0.39 is 0 Å². The Morgan fingerprint density at radius 2 is 2.15 bits per heavy atom. The summed E-state index contributed by atoms with van der Waals surface area (Å²) in [6.45, 7) is 3.04. The van der Waals surface area contributed by atoms with Gasteiger partial charge in [0.25, 0.3) is 0 Å². The quantitative estimate of drug-likeness (QED) is 0.742. The Balaban J connectivity index is 1.82. The highest BCUT2D eigenvalue weighted by Gasteiger charge is 2.15. The van der Waals surface area contributed by atoms with Gasteiger partial charge in [-0.25, -0.2) is 0 Å². The van der Waals surface area contributed by atoms with E-state index in [0.29, 0.717) is 5.11 Å². The molecule has 1 unspecified atom stereocenters. The van der Waals surface area contributed by atoms with Gasteiger partial charge in [0.05, 0.1) is 6.10 Å². The van der Waals surface area contributed by atoms with Gasteiger partial charge in [-0.1, -0.05) is 6.07 Å². The molecule has 6 heteroatoms. The molecule has 0 aromatic heterocycles. The minimum Gasteiger partial charge on any atom is -0.376 e. The van der Waals surface area contributed by atoms with E-state index in [4.69, 9.17) is 17.0 Å². The van der Waals surface area contributed by atoms with Gasteiger partial charge in [0.15, 0.2) is 5.11 Å². The van der Waals surface area contributed by atoms with Gasteiger partial charge in [0.2, 0.25) is 5.91 Å². The first-order valence-electron chi connectivity index (χ1n) is 6.67. The van der Waals surface area contributed by atoms with Crippen LogP contribution in [0, 0.1) is 0 Å². The van der Waals surface area contributed by atoms with Crippen LogP contribution in [0.1, 0.15) is 19.8 Å². The third kappa shape index (κ3) is 4.79. The molecule has 1 atom stereocenters. The van der Waals surface area contributed by atoms with E-state index in [9.17, 15) is 4.79 Å². The van der Waals surface area contributed by atoms with Gasteiger partial charge in [-0.2, -0.15) is 0 Å². The van der Waals surface area contributed by atoms with E-state index in [1.165, 1.54) is 6.92 Å². The summed E-state index contributed by atoms with van der Waals surface area (Å²) < 4.78 is 5.52. The van der Waals surface area contributed by atoms with Crippen LogP contribution in [0.3, 0.4) is 0 Å². The fourth-order valence-corrected chi connectivity index (χ4v) is 2.27. The number of hydrogen-bond acceptors (Lipinski definition) is 3. The van der Waals surface area contributed by atoms with Crippen LogP contribution in [0.4, 0.5) is 11.4 Å². The van der Waals surface area contributed by atoms with Crippen molar-refractivity contribution < 1.29 is 9.53 Å². The number of carbonyl (C=O) groups excluding carboxylic acids is 1. The first-order valence-corrected chi connectivity index (χ1v) is 7.08. The zero-order chi connectivity index (χ0) is 14.4. The second-order valence-electron chi connectivity index (χ2n) is 4.73. The topological polar surface area (TPSA) is 62.4 Å². The van der Waals surface area contributed by atoms with Crippen LogP contribution in [-0.4, -0.2) is 30.3 Å². The van der Waals surface area contributed by atoms with E-state index in [-0.39, 0.29) is 12.0 Å². The Morgan fingerprint density at radius 1 is 1.40 bits per heavy atom. The van der Waals surface area contributed by atoms with Gasteiger partial charge in [-0.05, 0) is 43.3 Å². The van der Waals surface area contributed by atoms with Crippen molar-refractivity contribution in [3.63, 3.8) is 0 Å². The van der Waals surface area contributed by atoms with Crippen molar-refractivity contribution in [3.05, 3.63) is 24.3 Å². The zero-order valence-corrected chi connectivity index (χ0v) is 12.3. The van der Waals surface area contributed by atoms with E-state index >= 15 is 0 Å². The van der Waals surface area contributed by atoms with Crippen LogP contribution in [0.25, 0.3) is 0 Å². The third-order valence-electron chi connectivity index (χ3n) is 2.96. The summed E-state index contributed by atoms with van der Waals surface area (Å²) in [5, 5.41) is 9.52. The first kappa shape index (κ1) is 14.7. The molecule has 108 valence electrons. The van der Waals surface area contributed by atoms with Gasteiger partial charge >= 0.3 is 0 Å². The molecule has 0 bridgehead atoms. The monoisotopic (exact) mass is 293 g/mol. The smallest absolute Gasteiger partial charge is 0.221 e. The Kier molecular flexibility index (Phi) is 5.31. The molecule has 1 aromatic rings. The Morgan fingerprint density at radius 3 is 2.80 bits per heavy atom. The number of rotatable bonds is 4. The Labute approximate surface area is 124 Å². The van der Waals surface area contributed by atoms with E-state index in [1.54, 1.807) is 0 Å². The molecule has 2 rings (SSSR count). The van der Waals surface area contributed by atoms with E-state index in [1.807, 2.05) is 24.3 Å². The molecule has 0 spiro atoms. The predicted molar refractivity (Wildman–Crippen MR) is 83.9 cm³/mol. The van der Waals surface area contributed by atoms with Crippen LogP contribution in [0.2, 0.25) is 0 Å². The minimum absolute atomic E-state index is 0.0961. The lowest BCUT2D eigenvalue weighted by Crippen LogP contribution is -2.34. The SMILES string of the molecule is CC(=O)Nc1cccc(NC(=S)NCC2CCCO2)c1. The lowest BCUT2D eigenvalue weighted by Gasteiger charge is -2.14. The molecule has 0 aliphatic carbocycles. The highest BCUT2D eigenvalue weighted by molar-refractivity contribution is 7.80. The maximum absolute atomic E-state index is 11.0. The molecule has 0 saturated carbocycles. The Hall–Kier alpha value is -1.66. The molecule has 1 heterocycles. The lowest BCUT2D eigenvalue weighted by molar-refractivity contribution is -0.114. The largest absolute Gasteiger partial charge is 0.376 e. The molecule has 1 amide bonds. The van der Waals surface area contributed by atoms with Gasteiger partial charge in [0.1, 0.15) is 0 Å². The zero-order valence-electron chi connectivity index (χ0n) is 11.4. The summed E-state index contributed by atoms with van der Waals surface area (Å²) in [5.74, 6) is -0.0961. The number of hydrogen-bond donors (Lipinski definition) is 3. The molecular weight excluding hydrogens is 274 g/mol. The average Bonchev–Trinajstić information content (AvgIpc) is 2.89. The molecule has 0 radical (unpaired) electrons. The normalized spacial score (nSPS) is 17.6. The number of amides is 1. The summed E-state index contributed by atoms with van der Waals surface area (Å²) in [6, 6.07) is 7.42. The lowest BCUT2D eigenvalue weighted by atomic mass is 10.2. The number of nitrogens with one attached hydrogen (secondary N) is 3. The minimum atomic E-state index is -0.0961. The van der Waals surface area contributed by atoms with Crippen LogP contribution in [-0.2, 0) is 9.53 Å². The summed E-state index contributed by atoms with van der Waals surface area (Å²) in [6.07, 6.45) is 2.44. The van der Waals surface area contributed by atoms with E-state index in [0.717, 1.165) is 37.4 Å². The highest BCUT2D eigenvalue weighted by atomic mass is 32.1. The van der Waals surface area contributed by atoms with Gasteiger partial charge in [-0.15, -0.1) is 0 Å². The number of anilines is 2. The van der Waals surface area contributed by atoms with Crippen molar-refractivity contribution in [2.24, 2.45) is 0 Å². The molecule has 3 N–H and O–H groups in total. The molecule has 1 saturated heterocycles. The summed E-state index contributed by atoms with van der Waals surface area (Å²) in [4.78, 5) is 11.0. The second kappa shape index (κ2) is 7.21. The van der Waals surface area contributed by atoms with Crippen molar-refractivity contribution in [2.45, 2.75) is 25.9 Å². The fourth-order valence-electron chi connectivity index (χ4n) is 2.07. The summed E-state index contributed by atoms with van der Waals surface area (Å²) in [7, 11) is 0. The van der Waals surface area contributed by atoms with E-state index in [2.05, 4.69) is 16.0 Å². The van der Waals surface area contributed by atoms with Crippen LogP contribution in [0.5, 0.6) is 0 Å². The van der Waals surface area contributed by atoms with Gasteiger partial charge < -0.3 is 20.7 Å². The maximum atomic E-state index is 11.0. The third-order valence-corrected chi connectivity index (χ3v) is 3.20. The van der Waals surface area contributed by atoms with Gasteiger partial charge in [-0.3, -0.25) is 4.79 Å². The summed E-state index contributed by atoms with van der Waals surface area (Å²) >= 11 is 5.24. The van der Waals surface area contributed by atoms with Crippen molar-refractivity contribution in [1.29, 1.82) is 0 Å². The number of carbonyl (C=O) groups is 1. The highest BCUT2D eigenvalue weighted by Crippen LogP contribution is 2.15.